The number of aromatic nitrogens is 1. The van der Waals surface area contributed by atoms with Gasteiger partial charge < -0.3 is 19.5 Å². The van der Waals surface area contributed by atoms with Crippen LogP contribution >= 0.6 is 11.3 Å². The highest BCUT2D eigenvalue weighted by Gasteiger charge is 2.13. The number of hydrogen-bond donors (Lipinski definition) is 1. The number of rotatable bonds is 9. The fourth-order valence-electron chi connectivity index (χ4n) is 3.01. The molecule has 6 nitrogen and oxygen atoms in total. The van der Waals surface area contributed by atoms with E-state index >= 15 is 0 Å². The molecule has 0 aliphatic heterocycles. The minimum atomic E-state index is -0.0969. The molecule has 0 saturated heterocycles. The van der Waals surface area contributed by atoms with E-state index in [4.69, 9.17) is 19.2 Å². The van der Waals surface area contributed by atoms with Gasteiger partial charge in [0, 0.05) is 29.0 Å². The van der Waals surface area contributed by atoms with Gasteiger partial charge in [0.2, 0.25) is 0 Å². The van der Waals surface area contributed by atoms with E-state index in [1.54, 1.807) is 49.8 Å². The molecule has 158 valence electrons. The zero-order chi connectivity index (χ0) is 21.5. The van der Waals surface area contributed by atoms with Crippen LogP contribution in [-0.4, -0.2) is 38.3 Å². The Hall–Kier alpha value is -3.06. The van der Waals surface area contributed by atoms with Crippen LogP contribution in [0.1, 0.15) is 27.9 Å². The van der Waals surface area contributed by atoms with Crippen LogP contribution in [0.4, 0.5) is 0 Å². The van der Waals surface area contributed by atoms with E-state index in [0.717, 1.165) is 33.3 Å². The first-order valence-electron chi connectivity index (χ1n) is 9.75. The molecule has 2 aromatic carbocycles. The molecule has 7 heteroatoms. The molecule has 3 rings (SSSR count). The van der Waals surface area contributed by atoms with Crippen LogP contribution in [0.25, 0.3) is 10.6 Å². The monoisotopic (exact) mass is 426 g/mol. The highest BCUT2D eigenvalue weighted by Crippen LogP contribution is 2.35. The molecular weight excluding hydrogens is 400 g/mol. The van der Waals surface area contributed by atoms with Gasteiger partial charge >= 0.3 is 0 Å². The Labute approximate surface area is 180 Å². The Morgan fingerprint density at radius 1 is 1.07 bits per heavy atom. The van der Waals surface area contributed by atoms with Crippen LogP contribution in [0.15, 0.2) is 42.5 Å². The third-order valence-electron chi connectivity index (χ3n) is 4.59. The lowest BCUT2D eigenvalue weighted by Crippen LogP contribution is -2.25. The quantitative estimate of drug-likeness (QED) is 0.545. The Morgan fingerprint density at radius 3 is 2.47 bits per heavy atom. The second-order valence-electron chi connectivity index (χ2n) is 6.56. The molecule has 0 fully saturated rings. The first-order valence-corrected chi connectivity index (χ1v) is 10.6. The fourth-order valence-corrected chi connectivity index (χ4v) is 4.07. The van der Waals surface area contributed by atoms with Crippen molar-refractivity contribution in [3.05, 3.63) is 58.6 Å². The molecule has 1 N–H and O–H groups in total. The molecule has 0 unspecified atom stereocenters. The topological polar surface area (TPSA) is 69.7 Å². The summed E-state index contributed by atoms with van der Waals surface area (Å²) < 4.78 is 16.1. The molecule has 3 aromatic rings. The molecule has 0 atom stereocenters. The Balaban J connectivity index is 1.61. The molecule has 1 aromatic heterocycles. The zero-order valence-corrected chi connectivity index (χ0v) is 18.5. The lowest BCUT2D eigenvalue weighted by atomic mass is 10.2. The molecule has 0 saturated carbocycles. The highest BCUT2D eigenvalue weighted by atomic mass is 32.1. The van der Waals surface area contributed by atoms with E-state index < -0.39 is 0 Å². The molecule has 1 heterocycles. The minimum absolute atomic E-state index is 0.0969. The van der Waals surface area contributed by atoms with Gasteiger partial charge in [-0.25, -0.2) is 4.98 Å². The van der Waals surface area contributed by atoms with Crippen LogP contribution in [0.5, 0.6) is 17.2 Å². The summed E-state index contributed by atoms with van der Waals surface area (Å²) in [5.74, 6) is 2.02. The summed E-state index contributed by atoms with van der Waals surface area (Å²) in [6.07, 6.45) is 0.722. The van der Waals surface area contributed by atoms with Gasteiger partial charge in [-0.2, -0.15) is 0 Å². The number of ether oxygens (including phenoxy) is 3. The maximum Gasteiger partial charge on any atom is 0.251 e. The Kier molecular flexibility index (Phi) is 7.30. The van der Waals surface area contributed by atoms with E-state index in [1.807, 2.05) is 32.0 Å². The molecule has 0 radical (unpaired) electrons. The van der Waals surface area contributed by atoms with E-state index in [0.29, 0.717) is 30.2 Å². The van der Waals surface area contributed by atoms with Crippen molar-refractivity contribution in [1.82, 2.24) is 10.3 Å². The van der Waals surface area contributed by atoms with E-state index in [9.17, 15) is 4.79 Å². The first-order chi connectivity index (χ1) is 14.5. The second kappa shape index (κ2) is 10.1. The van der Waals surface area contributed by atoms with Crippen molar-refractivity contribution in [1.29, 1.82) is 0 Å². The summed E-state index contributed by atoms with van der Waals surface area (Å²) in [4.78, 5) is 18.2. The van der Waals surface area contributed by atoms with E-state index in [-0.39, 0.29) is 5.91 Å². The summed E-state index contributed by atoms with van der Waals surface area (Å²) in [7, 11) is 3.23. The van der Waals surface area contributed by atoms with Crippen molar-refractivity contribution in [2.45, 2.75) is 20.3 Å². The minimum Gasteiger partial charge on any atom is -0.494 e. The highest BCUT2D eigenvalue weighted by molar-refractivity contribution is 7.15. The molecule has 30 heavy (non-hydrogen) atoms. The van der Waals surface area contributed by atoms with Crippen LogP contribution in [0.2, 0.25) is 0 Å². The summed E-state index contributed by atoms with van der Waals surface area (Å²) >= 11 is 1.62. The van der Waals surface area contributed by atoms with Crippen molar-refractivity contribution in [3.8, 4) is 27.8 Å². The maximum absolute atomic E-state index is 12.4. The molecule has 1 amide bonds. The summed E-state index contributed by atoms with van der Waals surface area (Å²) in [5.41, 5.74) is 2.57. The fraction of sp³-hybridized carbons (Fsp3) is 0.304. The predicted molar refractivity (Wildman–Crippen MR) is 119 cm³/mol. The molecule has 0 aliphatic rings. The molecule has 0 aliphatic carbocycles. The van der Waals surface area contributed by atoms with Gasteiger partial charge in [-0.15, -0.1) is 11.3 Å². The van der Waals surface area contributed by atoms with Crippen molar-refractivity contribution in [3.63, 3.8) is 0 Å². The number of methoxy groups -OCH3 is 2. The van der Waals surface area contributed by atoms with E-state index in [1.165, 1.54) is 0 Å². The number of benzene rings is 2. The van der Waals surface area contributed by atoms with Crippen molar-refractivity contribution < 1.29 is 19.0 Å². The van der Waals surface area contributed by atoms with Crippen LogP contribution in [0, 0.1) is 6.92 Å². The number of amides is 1. The molecule has 0 spiro atoms. The number of aryl methyl sites for hydroxylation is 1. The van der Waals surface area contributed by atoms with Crippen LogP contribution in [0.3, 0.4) is 0 Å². The van der Waals surface area contributed by atoms with Gasteiger partial charge in [-0.05, 0) is 56.3 Å². The standard InChI is InChI=1S/C23H26N2O4S/c1-5-29-18-9-6-16(7-10-18)22(26)24-13-12-21-15(2)25-23(30-21)17-8-11-19(27-3)20(14-17)28-4/h6-11,14H,5,12-13H2,1-4H3,(H,24,26). The number of nitrogens with zero attached hydrogens (tertiary/aromatic N) is 1. The van der Waals surface area contributed by atoms with Gasteiger partial charge in [0.05, 0.1) is 26.5 Å². The number of carbonyl (C=O) groups is 1. The maximum atomic E-state index is 12.4. The number of hydrogen-bond acceptors (Lipinski definition) is 6. The first kappa shape index (κ1) is 21.6. The van der Waals surface area contributed by atoms with Crippen molar-refractivity contribution in [2.75, 3.05) is 27.4 Å². The van der Waals surface area contributed by atoms with Gasteiger partial charge in [0.15, 0.2) is 11.5 Å². The molecule has 0 bridgehead atoms. The largest absolute Gasteiger partial charge is 0.494 e. The smallest absolute Gasteiger partial charge is 0.251 e. The lowest BCUT2D eigenvalue weighted by Gasteiger charge is -2.08. The van der Waals surface area contributed by atoms with Crippen molar-refractivity contribution >= 4 is 17.2 Å². The van der Waals surface area contributed by atoms with Gasteiger partial charge in [0.25, 0.3) is 5.91 Å². The Morgan fingerprint density at radius 2 is 1.80 bits per heavy atom. The number of carbonyl (C=O) groups excluding carboxylic acids is 1. The van der Waals surface area contributed by atoms with Gasteiger partial charge in [-0.3, -0.25) is 4.79 Å². The van der Waals surface area contributed by atoms with Crippen LogP contribution < -0.4 is 19.5 Å². The lowest BCUT2D eigenvalue weighted by molar-refractivity contribution is 0.0954. The normalized spacial score (nSPS) is 10.5. The second-order valence-corrected chi connectivity index (χ2v) is 7.64. The average molecular weight is 427 g/mol. The predicted octanol–water partition coefficient (Wildman–Crippen LogP) is 4.51. The third kappa shape index (κ3) is 5.10. The average Bonchev–Trinajstić information content (AvgIpc) is 3.14. The summed E-state index contributed by atoms with van der Waals surface area (Å²) in [6, 6.07) is 12.9. The van der Waals surface area contributed by atoms with E-state index in [2.05, 4.69) is 5.32 Å². The Bertz CT molecular complexity index is 999. The van der Waals surface area contributed by atoms with Gasteiger partial charge in [0.1, 0.15) is 10.8 Å². The number of nitrogens with one attached hydrogen (secondary N) is 1. The third-order valence-corrected chi connectivity index (χ3v) is 5.85. The summed E-state index contributed by atoms with van der Waals surface area (Å²) in [5, 5.41) is 3.89. The van der Waals surface area contributed by atoms with Gasteiger partial charge in [-0.1, -0.05) is 0 Å². The zero-order valence-electron chi connectivity index (χ0n) is 17.7. The number of thiazole rings is 1. The SMILES string of the molecule is CCOc1ccc(C(=O)NCCc2sc(-c3ccc(OC)c(OC)c3)nc2C)cc1. The van der Waals surface area contributed by atoms with Crippen molar-refractivity contribution in [2.24, 2.45) is 0 Å². The molecular formula is C23H26N2O4S. The van der Waals surface area contributed by atoms with Crippen LogP contribution in [-0.2, 0) is 6.42 Å². The summed E-state index contributed by atoms with van der Waals surface area (Å²) in [6.45, 7) is 5.06.